The van der Waals surface area contributed by atoms with Gasteiger partial charge in [0.05, 0.1) is 25.4 Å². The van der Waals surface area contributed by atoms with Crippen LogP contribution in [0.15, 0.2) is 24.3 Å². The lowest BCUT2D eigenvalue weighted by molar-refractivity contribution is -0.160. The van der Waals surface area contributed by atoms with E-state index in [-0.39, 0.29) is 25.1 Å². The molecular formula is C26H42N2O7. The molecule has 1 rings (SSSR count). The number of alkyl carbamates (subject to hydrolysis) is 1. The molecule has 0 aliphatic rings. The molecule has 0 heterocycles. The molecule has 198 valence electrons. The first-order valence-corrected chi connectivity index (χ1v) is 11.9. The molecule has 2 amide bonds. The summed E-state index contributed by atoms with van der Waals surface area (Å²) in [4.78, 5) is 35.1. The van der Waals surface area contributed by atoms with E-state index in [1.165, 1.54) is 0 Å². The largest absolute Gasteiger partial charge is 0.458 e. The second-order valence-electron chi connectivity index (χ2n) is 10.5. The Morgan fingerprint density at radius 1 is 0.943 bits per heavy atom. The van der Waals surface area contributed by atoms with Crippen molar-refractivity contribution in [3.63, 3.8) is 0 Å². The number of nitrogens with one attached hydrogen (secondary N) is 1. The Kier molecular flexibility index (Phi) is 12.2. The Labute approximate surface area is 209 Å². The SMILES string of the molecule is CC(OCc1ccc(CCOCC(=O)OC(C)(C)C)cc1)C(CCC(N)=O)NC(=O)OC(C)(C)C. The standard InChI is InChI=1S/C26H42N2O7/c1-18(21(12-13-22(27)29)28-24(31)35-26(5,6)7)33-16-20-10-8-19(9-11-20)14-15-32-17-23(30)34-25(2,3)4/h8-11,18,21H,12-17H2,1-7H3,(H2,27,29)(H,28,31). The molecule has 3 N–H and O–H groups in total. The van der Waals surface area contributed by atoms with E-state index in [0.29, 0.717) is 26.1 Å². The zero-order valence-corrected chi connectivity index (χ0v) is 22.1. The van der Waals surface area contributed by atoms with Gasteiger partial charge in [0, 0.05) is 6.42 Å². The summed E-state index contributed by atoms with van der Waals surface area (Å²) in [6, 6.07) is 7.43. The third-order valence-corrected chi connectivity index (χ3v) is 4.68. The topological polar surface area (TPSA) is 126 Å². The van der Waals surface area contributed by atoms with Gasteiger partial charge in [-0.1, -0.05) is 24.3 Å². The fourth-order valence-electron chi connectivity index (χ4n) is 3.04. The average Bonchev–Trinajstić information content (AvgIpc) is 2.70. The predicted molar refractivity (Wildman–Crippen MR) is 133 cm³/mol. The van der Waals surface area contributed by atoms with Crippen molar-refractivity contribution in [3.05, 3.63) is 35.4 Å². The molecule has 0 saturated carbocycles. The van der Waals surface area contributed by atoms with Crippen molar-refractivity contribution in [2.75, 3.05) is 13.2 Å². The van der Waals surface area contributed by atoms with E-state index in [0.717, 1.165) is 11.1 Å². The van der Waals surface area contributed by atoms with Crippen molar-refractivity contribution in [2.45, 2.75) is 97.7 Å². The molecule has 0 saturated heterocycles. The van der Waals surface area contributed by atoms with Crippen molar-refractivity contribution in [1.82, 2.24) is 5.32 Å². The van der Waals surface area contributed by atoms with E-state index in [4.69, 9.17) is 24.7 Å². The Bertz CT molecular complexity index is 810. The second kappa shape index (κ2) is 14.0. The summed E-state index contributed by atoms with van der Waals surface area (Å²) < 4.78 is 21.9. The fraction of sp³-hybridized carbons (Fsp3) is 0.654. The van der Waals surface area contributed by atoms with E-state index < -0.39 is 29.2 Å². The molecular weight excluding hydrogens is 452 g/mol. The lowest BCUT2D eigenvalue weighted by Gasteiger charge is -2.27. The van der Waals surface area contributed by atoms with Crippen LogP contribution in [0.2, 0.25) is 0 Å². The first-order valence-electron chi connectivity index (χ1n) is 11.9. The van der Waals surface area contributed by atoms with E-state index in [1.807, 2.05) is 52.0 Å². The maximum Gasteiger partial charge on any atom is 0.407 e. The average molecular weight is 495 g/mol. The lowest BCUT2D eigenvalue weighted by atomic mass is 10.1. The smallest absolute Gasteiger partial charge is 0.407 e. The molecule has 0 spiro atoms. The van der Waals surface area contributed by atoms with Crippen LogP contribution in [0, 0.1) is 0 Å². The van der Waals surface area contributed by atoms with Crippen LogP contribution in [-0.4, -0.2) is 54.5 Å². The summed E-state index contributed by atoms with van der Waals surface area (Å²) in [5, 5.41) is 2.78. The Balaban J connectivity index is 2.51. The molecule has 9 heteroatoms. The first-order chi connectivity index (χ1) is 16.1. The molecule has 1 aromatic rings. The monoisotopic (exact) mass is 494 g/mol. The number of nitrogens with two attached hydrogens (primary N) is 1. The third-order valence-electron chi connectivity index (χ3n) is 4.68. The zero-order valence-electron chi connectivity index (χ0n) is 22.1. The minimum atomic E-state index is -0.634. The maximum atomic E-state index is 12.2. The van der Waals surface area contributed by atoms with Gasteiger partial charge in [0.15, 0.2) is 0 Å². The summed E-state index contributed by atoms with van der Waals surface area (Å²) >= 11 is 0. The highest BCUT2D eigenvalue weighted by molar-refractivity contribution is 5.74. The van der Waals surface area contributed by atoms with Gasteiger partial charge >= 0.3 is 12.1 Å². The van der Waals surface area contributed by atoms with E-state index in [9.17, 15) is 14.4 Å². The molecule has 35 heavy (non-hydrogen) atoms. The van der Waals surface area contributed by atoms with E-state index in [1.54, 1.807) is 20.8 Å². The number of esters is 1. The Morgan fingerprint density at radius 2 is 1.51 bits per heavy atom. The Hall–Kier alpha value is -2.65. The van der Waals surface area contributed by atoms with Crippen molar-refractivity contribution in [1.29, 1.82) is 0 Å². The van der Waals surface area contributed by atoms with Gasteiger partial charge in [-0.15, -0.1) is 0 Å². The van der Waals surface area contributed by atoms with Crippen LogP contribution in [0.25, 0.3) is 0 Å². The molecule has 9 nitrogen and oxygen atoms in total. The van der Waals surface area contributed by atoms with Crippen LogP contribution in [0.1, 0.15) is 72.4 Å². The number of benzene rings is 1. The molecule has 0 bridgehead atoms. The Morgan fingerprint density at radius 3 is 2.06 bits per heavy atom. The van der Waals surface area contributed by atoms with E-state index >= 15 is 0 Å². The number of amides is 2. The number of rotatable bonds is 13. The maximum absolute atomic E-state index is 12.2. The molecule has 2 unspecified atom stereocenters. The molecule has 1 aromatic carbocycles. The van der Waals surface area contributed by atoms with Gasteiger partial charge in [0.1, 0.15) is 17.8 Å². The normalized spacial score (nSPS) is 13.6. The third kappa shape index (κ3) is 15.1. The number of carbonyl (C=O) groups excluding carboxylic acids is 3. The summed E-state index contributed by atoms with van der Waals surface area (Å²) in [7, 11) is 0. The zero-order chi connectivity index (χ0) is 26.6. The van der Waals surface area contributed by atoms with Crippen LogP contribution in [0.4, 0.5) is 4.79 Å². The highest BCUT2D eigenvalue weighted by Gasteiger charge is 2.24. The quantitative estimate of drug-likeness (QED) is 0.317. The fourth-order valence-corrected chi connectivity index (χ4v) is 3.04. The second-order valence-corrected chi connectivity index (χ2v) is 10.5. The number of hydrogen-bond acceptors (Lipinski definition) is 7. The van der Waals surface area contributed by atoms with Gasteiger partial charge in [0.2, 0.25) is 5.91 Å². The van der Waals surface area contributed by atoms with Gasteiger partial charge in [0.25, 0.3) is 0 Å². The predicted octanol–water partition coefficient (Wildman–Crippen LogP) is 3.65. The van der Waals surface area contributed by atoms with Gasteiger partial charge in [-0.25, -0.2) is 9.59 Å². The number of hydrogen-bond donors (Lipinski definition) is 2. The minimum absolute atomic E-state index is 0.0741. The lowest BCUT2D eigenvalue weighted by Crippen LogP contribution is -2.45. The molecule has 0 radical (unpaired) electrons. The van der Waals surface area contributed by atoms with Crippen molar-refractivity contribution in [2.24, 2.45) is 5.73 Å². The molecule has 0 aliphatic heterocycles. The van der Waals surface area contributed by atoms with Crippen molar-refractivity contribution < 1.29 is 33.3 Å². The van der Waals surface area contributed by atoms with Crippen molar-refractivity contribution in [3.8, 4) is 0 Å². The number of carbonyl (C=O) groups is 3. The van der Waals surface area contributed by atoms with Crippen LogP contribution in [-0.2, 0) is 41.6 Å². The highest BCUT2D eigenvalue weighted by atomic mass is 16.6. The van der Waals surface area contributed by atoms with E-state index in [2.05, 4.69) is 5.32 Å². The minimum Gasteiger partial charge on any atom is -0.458 e. The van der Waals surface area contributed by atoms with Crippen LogP contribution in [0.5, 0.6) is 0 Å². The molecule has 2 atom stereocenters. The highest BCUT2D eigenvalue weighted by Crippen LogP contribution is 2.14. The molecule has 0 aromatic heterocycles. The van der Waals surface area contributed by atoms with Crippen LogP contribution in [0.3, 0.4) is 0 Å². The summed E-state index contributed by atoms with van der Waals surface area (Å²) in [6.07, 6.45) is 0.190. The van der Waals surface area contributed by atoms with Crippen LogP contribution < -0.4 is 11.1 Å². The van der Waals surface area contributed by atoms with Gasteiger partial charge in [-0.05, 0) is 72.4 Å². The number of ether oxygens (including phenoxy) is 4. The van der Waals surface area contributed by atoms with Gasteiger partial charge in [-0.3, -0.25) is 4.79 Å². The van der Waals surface area contributed by atoms with Gasteiger partial charge in [-0.2, -0.15) is 0 Å². The summed E-state index contributed by atoms with van der Waals surface area (Å²) in [5.74, 6) is -0.826. The van der Waals surface area contributed by atoms with Crippen molar-refractivity contribution >= 4 is 18.0 Å². The molecule has 0 aliphatic carbocycles. The summed E-state index contributed by atoms with van der Waals surface area (Å²) in [5.41, 5.74) is 6.15. The van der Waals surface area contributed by atoms with Gasteiger partial charge < -0.3 is 30.0 Å². The summed E-state index contributed by atoms with van der Waals surface area (Å²) in [6.45, 7) is 13.3. The first kappa shape index (κ1) is 30.4. The number of primary amides is 1. The molecule has 0 fully saturated rings. The van der Waals surface area contributed by atoms with Crippen LogP contribution >= 0.6 is 0 Å².